The molecule has 4 heteroatoms. The Morgan fingerprint density at radius 2 is 2.46 bits per heavy atom. The van der Waals surface area contributed by atoms with Gasteiger partial charge in [0, 0.05) is 12.3 Å². The fourth-order valence-electron chi connectivity index (χ4n) is 1.08. The summed E-state index contributed by atoms with van der Waals surface area (Å²) in [7, 11) is 0. The van der Waals surface area contributed by atoms with E-state index in [2.05, 4.69) is 5.10 Å². The van der Waals surface area contributed by atoms with Crippen LogP contribution in [-0.2, 0) is 0 Å². The van der Waals surface area contributed by atoms with E-state index in [1.54, 1.807) is 10.7 Å². The summed E-state index contributed by atoms with van der Waals surface area (Å²) in [5.74, 6) is 0.308. The molecule has 0 atom stereocenters. The Hall–Kier alpha value is -1.84. The standard InChI is InChI=1S/C9H8N2O2/c1-7-2-3-11(10-7)8-4-9(5-12)13-6-8/h2-6H,1H3. The van der Waals surface area contributed by atoms with Crippen LogP contribution >= 0.6 is 0 Å². The molecule has 0 fully saturated rings. The van der Waals surface area contributed by atoms with Crippen LogP contribution in [0.3, 0.4) is 0 Å². The number of aromatic nitrogens is 2. The molecule has 13 heavy (non-hydrogen) atoms. The molecule has 4 nitrogen and oxygen atoms in total. The molecule has 0 amide bonds. The molecule has 0 saturated heterocycles. The fraction of sp³-hybridized carbons (Fsp3) is 0.111. The molecule has 66 valence electrons. The van der Waals surface area contributed by atoms with E-state index in [0.29, 0.717) is 12.0 Å². The van der Waals surface area contributed by atoms with Gasteiger partial charge in [-0.1, -0.05) is 0 Å². The minimum absolute atomic E-state index is 0.308. The topological polar surface area (TPSA) is 48.0 Å². The van der Waals surface area contributed by atoms with Crippen LogP contribution in [0.15, 0.2) is 29.0 Å². The van der Waals surface area contributed by atoms with Gasteiger partial charge in [-0.2, -0.15) is 5.10 Å². The first kappa shape index (κ1) is 7.79. The van der Waals surface area contributed by atoms with Crippen LogP contribution in [0.5, 0.6) is 0 Å². The first-order valence-electron chi connectivity index (χ1n) is 3.86. The molecule has 2 heterocycles. The third-order valence-corrected chi connectivity index (χ3v) is 1.71. The lowest BCUT2D eigenvalue weighted by molar-refractivity contribution is 0.110. The Bertz CT molecular complexity index is 428. The molecule has 0 bridgehead atoms. The zero-order valence-corrected chi connectivity index (χ0v) is 7.10. The van der Waals surface area contributed by atoms with Gasteiger partial charge in [0.1, 0.15) is 12.0 Å². The van der Waals surface area contributed by atoms with Crippen molar-refractivity contribution in [2.75, 3.05) is 0 Å². The van der Waals surface area contributed by atoms with Crippen LogP contribution in [0.2, 0.25) is 0 Å². The summed E-state index contributed by atoms with van der Waals surface area (Å²) in [6.07, 6.45) is 3.98. The van der Waals surface area contributed by atoms with Crippen LogP contribution in [0.1, 0.15) is 16.2 Å². The maximum Gasteiger partial charge on any atom is 0.185 e. The van der Waals surface area contributed by atoms with Gasteiger partial charge in [-0.25, -0.2) is 4.68 Å². The van der Waals surface area contributed by atoms with Crippen LogP contribution < -0.4 is 0 Å². The molecule has 0 radical (unpaired) electrons. The first-order valence-corrected chi connectivity index (χ1v) is 3.86. The first-order chi connectivity index (χ1) is 6.29. The van der Waals surface area contributed by atoms with Crippen molar-refractivity contribution in [2.45, 2.75) is 6.92 Å². The van der Waals surface area contributed by atoms with Crippen molar-refractivity contribution in [3.05, 3.63) is 36.0 Å². The Labute approximate surface area is 74.8 Å². The quantitative estimate of drug-likeness (QED) is 0.653. The van der Waals surface area contributed by atoms with E-state index in [1.807, 2.05) is 19.2 Å². The number of hydrogen-bond donors (Lipinski definition) is 0. The highest BCUT2D eigenvalue weighted by molar-refractivity contribution is 5.71. The molecule has 0 aliphatic heterocycles. The Morgan fingerprint density at radius 3 is 3.00 bits per heavy atom. The van der Waals surface area contributed by atoms with Crippen molar-refractivity contribution in [3.8, 4) is 5.69 Å². The number of nitrogens with zero attached hydrogens (tertiary/aromatic N) is 2. The molecule has 0 N–H and O–H groups in total. The molecule has 2 rings (SSSR count). The summed E-state index contributed by atoms with van der Waals surface area (Å²) in [5, 5.41) is 4.17. The number of furan rings is 1. The van der Waals surface area contributed by atoms with Gasteiger partial charge in [-0.15, -0.1) is 0 Å². The molecule has 0 unspecified atom stereocenters. The maximum absolute atomic E-state index is 10.3. The van der Waals surface area contributed by atoms with E-state index in [0.717, 1.165) is 11.4 Å². The largest absolute Gasteiger partial charge is 0.459 e. The molecule has 0 aliphatic carbocycles. The summed E-state index contributed by atoms with van der Waals surface area (Å²) in [5.41, 5.74) is 1.68. The zero-order chi connectivity index (χ0) is 9.26. The van der Waals surface area contributed by atoms with E-state index in [4.69, 9.17) is 4.42 Å². The summed E-state index contributed by atoms with van der Waals surface area (Å²) in [4.78, 5) is 10.3. The summed E-state index contributed by atoms with van der Waals surface area (Å²) >= 11 is 0. The van der Waals surface area contributed by atoms with Crippen molar-refractivity contribution >= 4 is 6.29 Å². The molecule has 0 spiro atoms. The van der Waals surface area contributed by atoms with Gasteiger partial charge in [0.05, 0.1) is 5.69 Å². The lowest BCUT2D eigenvalue weighted by atomic mass is 10.4. The average Bonchev–Trinajstić information content (AvgIpc) is 2.71. The van der Waals surface area contributed by atoms with Gasteiger partial charge >= 0.3 is 0 Å². The van der Waals surface area contributed by atoms with Crippen molar-refractivity contribution in [2.24, 2.45) is 0 Å². The van der Waals surface area contributed by atoms with Gasteiger partial charge in [-0.3, -0.25) is 4.79 Å². The predicted octanol–water partition coefficient (Wildman–Crippen LogP) is 1.59. The van der Waals surface area contributed by atoms with E-state index >= 15 is 0 Å². The minimum atomic E-state index is 0.308. The van der Waals surface area contributed by atoms with Gasteiger partial charge in [0.15, 0.2) is 12.0 Å². The lowest BCUT2D eigenvalue weighted by Crippen LogP contribution is -1.91. The summed E-state index contributed by atoms with van der Waals surface area (Å²) in [6, 6.07) is 3.52. The number of aryl methyl sites for hydroxylation is 1. The van der Waals surface area contributed by atoms with Crippen LogP contribution in [0.25, 0.3) is 5.69 Å². The molecule has 0 aromatic carbocycles. The average molecular weight is 176 g/mol. The van der Waals surface area contributed by atoms with Gasteiger partial charge < -0.3 is 4.42 Å². The monoisotopic (exact) mass is 176 g/mol. The highest BCUT2D eigenvalue weighted by Gasteiger charge is 2.02. The SMILES string of the molecule is Cc1ccn(-c2coc(C=O)c2)n1. The number of hydrogen-bond acceptors (Lipinski definition) is 3. The second-order valence-electron chi connectivity index (χ2n) is 2.73. The fourth-order valence-corrected chi connectivity index (χ4v) is 1.08. The van der Waals surface area contributed by atoms with E-state index in [9.17, 15) is 4.79 Å². The molecule has 2 aromatic heterocycles. The summed E-state index contributed by atoms with van der Waals surface area (Å²) < 4.78 is 6.61. The normalized spacial score (nSPS) is 10.2. The second kappa shape index (κ2) is 2.90. The number of carbonyl (C=O) groups excluding carboxylic acids is 1. The number of rotatable bonds is 2. The Morgan fingerprint density at radius 1 is 1.62 bits per heavy atom. The molecule has 2 aromatic rings. The minimum Gasteiger partial charge on any atom is -0.459 e. The van der Waals surface area contributed by atoms with Crippen LogP contribution in [-0.4, -0.2) is 16.1 Å². The van der Waals surface area contributed by atoms with Gasteiger partial charge in [0.25, 0.3) is 0 Å². The highest BCUT2D eigenvalue weighted by atomic mass is 16.3. The lowest BCUT2D eigenvalue weighted by Gasteiger charge is -1.91. The molecule has 0 saturated carbocycles. The molecular formula is C9H8N2O2. The third-order valence-electron chi connectivity index (χ3n) is 1.71. The molecular weight excluding hydrogens is 168 g/mol. The van der Waals surface area contributed by atoms with E-state index < -0.39 is 0 Å². The van der Waals surface area contributed by atoms with E-state index in [1.165, 1.54) is 6.26 Å². The Balaban J connectivity index is 2.40. The van der Waals surface area contributed by atoms with Gasteiger partial charge in [-0.05, 0) is 13.0 Å². The zero-order valence-electron chi connectivity index (χ0n) is 7.10. The second-order valence-corrected chi connectivity index (χ2v) is 2.73. The number of carbonyl (C=O) groups is 1. The van der Waals surface area contributed by atoms with E-state index in [-0.39, 0.29) is 0 Å². The third kappa shape index (κ3) is 1.38. The number of aldehydes is 1. The van der Waals surface area contributed by atoms with Crippen LogP contribution in [0, 0.1) is 6.92 Å². The molecule has 0 aliphatic rings. The summed E-state index contributed by atoms with van der Waals surface area (Å²) in [6.45, 7) is 1.90. The smallest absolute Gasteiger partial charge is 0.185 e. The highest BCUT2D eigenvalue weighted by Crippen LogP contribution is 2.10. The predicted molar refractivity (Wildman–Crippen MR) is 46.0 cm³/mol. The van der Waals surface area contributed by atoms with Crippen molar-refractivity contribution in [3.63, 3.8) is 0 Å². The van der Waals surface area contributed by atoms with Crippen molar-refractivity contribution < 1.29 is 9.21 Å². The maximum atomic E-state index is 10.3. The Kier molecular flexibility index (Phi) is 1.73. The van der Waals surface area contributed by atoms with Crippen LogP contribution in [0.4, 0.5) is 0 Å². The van der Waals surface area contributed by atoms with Crippen molar-refractivity contribution in [1.29, 1.82) is 0 Å². The van der Waals surface area contributed by atoms with Crippen molar-refractivity contribution in [1.82, 2.24) is 9.78 Å². The van der Waals surface area contributed by atoms with Gasteiger partial charge in [0.2, 0.25) is 0 Å².